The van der Waals surface area contributed by atoms with Crippen molar-refractivity contribution in [3.63, 3.8) is 0 Å². The van der Waals surface area contributed by atoms with Gasteiger partial charge in [0.1, 0.15) is 24.1 Å². The SMILES string of the molecule is C=C1C(=O)O[C@H]2CC3=C[C@@H](C/C(C)=C/[C@@H](OC(=O)c4ccc(OC)cc4)[C@H]12)OC3=O. The Balaban J connectivity index is 1.65. The molecule has 1 aromatic carbocycles. The number of carbonyl (C=O) groups excluding carboxylic acids is 3. The molecule has 0 spiro atoms. The molecule has 1 aromatic rings. The lowest BCUT2D eigenvalue weighted by Crippen LogP contribution is -2.33. The summed E-state index contributed by atoms with van der Waals surface area (Å²) in [6.07, 6.45) is 2.42. The Bertz CT molecular complexity index is 970. The fourth-order valence-corrected chi connectivity index (χ4v) is 4.03. The van der Waals surface area contributed by atoms with E-state index in [4.69, 9.17) is 18.9 Å². The van der Waals surface area contributed by atoms with Crippen molar-refractivity contribution in [1.29, 1.82) is 0 Å². The first kappa shape index (κ1) is 19.9. The van der Waals surface area contributed by atoms with Crippen LogP contribution in [-0.2, 0) is 23.8 Å². The number of hydrogen-bond acceptors (Lipinski definition) is 7. The van der Waals surface area contributed by atoms with Gasteiger partial charge >= 0.3 is 17.9 Å². The van der Waals surface area contributed by atoms with Gasteiger partial charge in [-0.15, -0.1) is 0 Å². The highest BCUT2D eigenvalue weighted by atomic mass is 16.6. The lowest BCUT2D eigenvalue weighted by molar-refractivity contribution is -0.142. The highest BCUT2D eigenvalue weighted by molar-refractivity contribution is 5.94. The summed E-state index contributed by atoms with van der Waals surface area (Å²) in [5, 5.41) is 0. The first-order valence-corrected chi connectivity index (χ1v) is 9.69. The summed E-state index contributed by atoms with van der Waals surface area (Å²) in [5.41, 5.74) is 1.91. The zero-order valence-electron chi connectivity index (χ0n) is 16.8. The monoisotopic (exact) mass is 410 g/mol. The van der Waals surface area contributed by atoms with Crippen molar-refractivity contribution in [2.45, 2.75) is 38.1 Å². The summed E-state index contributed by atoms with van der Waals surface area (Å²) < 4.78 is 21.8. The lowest BCUT2D eigenvalue weighted by Gasteiger charge is -2.26. The molecule has 0 amide bonds. The molecule has 2 heterocycles. The molecule has 1 fully saturated rings. The van der Waals surface area contributed by atoms with Gasteiger partial charge in [0.2, 0.25) is 0 Å². The van der Waals surface area contributed by atoms with Crippen LogP contribution in [0.5, 0.6) is 5.75 Å². The number of fused-ring (bicyclic) bond motifs is 2. The van der Waals surface area contributed by atoms with E-state index in [1.54, 1.807) is 43.5 Å². The number of benzene rings is 1. The van der Waals surface area contributed by atoms with Gasteiger partial charge in [0.15, 0.2) is 0 Å². The van der Waals surface area contributed by atoms with E-state index in [0.29, 0.717) is 23.3 Å². The number of rotatable bonds is 3. The van der Waals surface area contributed by atoms with Gasteiger partial charge in [0.05, 0.1) is 18.6 Å². The van der Waals surface area contributed by atoms with E-state index >= 15 is 0 Å². The maximum absolute atomic E-state index is 12.8. The van der Waals surface area contributed by atoms with E-state index in [9.17, 15) is 14.4 Å². The molecular formula is C23H22O7. The molecule has 4 rings (SSSR count). The molecule has 7 nitrogen and oxygen atoms in total. The van der Waals surface area contributed by atoms with E-state index < -0.39 is 36.0 Å². The summed E-state index contributed by atoms with van der Waals surface area (Å²) in [6, 6.07) is 6.56. The molecule has 156 valence electrons. The minimum atomic E-state index is -0.767. The fraction of sp³-hybridized carbons (Fsp3) is 0.348. The number of ether oxygens (including phenoxy) is 4. The third-order valence-corrected chi connectivity index (χ3v) is 5.55. The van der Waals surface area contributed by atoms with Crippen molar-refractivity contribution in [3.05, 3.63) is 65.3 Å². The van der Waals surface area contributed by atoms with E-state index in [1.807, 2.05) is 6.92 Å². The summed E-state index contributed by atoms with van der Waals surface area (Å²) in [6.45, 7) is 5.72. The lowest BCUT2D eigenvalue weighted by atomic mass is 9.85. The zero-order chi connectivity index (χ0) is 21.4. The predicted molar refractivity (Wildman–Crippen MR) is 106 cm³/mol. The molecule has 7 heteroatoms. The Morgan fingerprint density at radius 3 is 2.50 bits per heavy atom. The summed E-state index contributed by atoms with van der Waals surface area (Å²) >= 11 is 0. The van der Waals surface area contributed by atoms with Crippen molar-refractivity contribution in [3.8, 4) is 5.75 Å². The minimum Gasteiger partial charge on any atom is -0.497 e. The van der Waals surface area contributed by atoms with Gasteiger partial charge in [-0.1, -0.05) is 12.2 Å². The van der Waals surface area contributed by atoms with Gasteiger partial charge < -0.3 is 18.9 Å². The normalized spacial score (nSPS) is 29.7. The number of esters is 3. The standard InChI is InChI=1S/C23H22O7/c1-12-8-17-10-15(23(26)28-17)11-19-20(13(2)21(24)29-19)18(9-12)30-22(25)14-4-6-16(27-3)7-5-14/h4-7,9-10,17-20H,2,8,11H2,1,3H3/b12-9+/t17-,18-,19+,20+/m1/s1. The van der Waals surface area contributed by atoms with Crippen LogP contribution in [0.3, 0.4) is 0 Å². The van der Waals surface area contributed by atoms with Crippen molar-refractivity contribution in [2.24, 2.45) is 5.92 Å². The highest BCUT2D eigenvalue weighted by Crippen LogP contribution is 2.38. The summed E-state index contributed by atoms with van der Waals surface area (Å²) in [5.74, 6) is -1.47. The van der Waals surface area contributed by atoms with Crippen LogP contribution in [-0.4, -0.2) is 43.3 Å². The molecule has 30 heavy (non-hydrogen) atoms. The quantitative estimate of drug-likeness (QED) is 0.328. The number of hydrogen-bond donors (Lipinski definition) is 0. The summed E-state index contributed by atoms with van der Waals surface area (Å²) in [7, 11) is 1.54. The average Bonchev–Trinajstić information content (AvgIpc) is 3.19. The Labute approximate surface area is 173 Å². The average molecular weight is 410 g/mol. The molecule has 1 saturated heterocycles. The second-order valence-corrected chi connectivity index (χ2v) is 7.65. The van der Waals surface area contributed by atoms with Gasteiger partial charge in [-0.05, 0) is 43.3 Å². The Morgan fingerprint density at radius 1 is 1.07 bits per heavy atom. The van der Waals surface area contributed by atoms with Gasteiger partial charge in [-0.3, -0.25) is 0 Å². The molecule has 2 aliphatic heterocycles. The summed E-state index contributed by atoms with van der Waals surface area (Å²) in [4.78, 5) is 37.2. The first-order valence-electron chi connectivity index (χ1n) is 9.69. The van der Waals surface area contributed by atoms with Crippen LogP contribution in [0.15, 0.2) is 59.7 Å². The maximum Gasteiger partial charge on any atom is 0.338 e. The highest BCUT2D eigenvalue weighted by Gasteiger charge is 2.46. The Hall–Kier alpha value is -3.35. The molecular weight excluding hydrogens is 388 g/mol. The second-order valence-electron chi connectivity index (χ2n) is 7.65. The Morgan fingerprint density at radius 2 is 1.80 bits per heavy atom. The molecule has 2 bridgehead atoms. The topological polar surface area (TPSA) is 88.1 Å². The van der Waals surface area contributed by atoms with E-state index in [1.165, 1.54) is 0 Å². The number of carbonyl (C=O) groups is 3. The Kier molecular flexibility index (Phi) is 5.20. The van der Waals surface area contributed by atoms with Crippen LogP contribution in [0.25, 0.3) is 0 Å². The van der Waals surface area contributed by atoms with Crippen molar-refractivity contribution >= 4 is 17.9 Å². The molecule has 0 saturated carbocycles. The predicted octanol–water partition coefficient (Wildman–Crippen LogP) is 2.91. The van der Waals surface area contributed by atoms with Gasteiger partial charge in [-0.2, -0.15) is 0 Å². The molecule has 1 aliphatic carbocycles. The fourth-order valence-electron chi connectivity index (χ4n) is 4.03. The molecule has 0 unspecified atom stereocenters. The molecule has 3 aliphatic rings. The zero-order valence-corrected chi connectivity index (χ0v) is 16.8. The molecule has 0 radical (unpaired) electrons. The molecule has 0 N–H and O–H groups in total. The van der Waals surface area contributed by atoms with E-state index in [0.717, 1.165) is 5.57 Å². The van der Waals surface area contributed by atoms with E-state index in [-0.39, 0.29) is 18.1 Å². The van der Waals surface area contributed by atoms with E-state index in [2.05, 4.69) is 6.58 Å². The van der Waals surface area contributed by atoms with Crippen LogP contribution >= 0.6 is 0 Å². The molecule has 4 atom stereocenters. The smallest absolute Gasteiger partial charge is 0.338 e. The van der Waals surface area contributed by atoms with Crippen LogP contribution < -0.4 is 4.74 Å². The maximum atomic E-state index is 12.8. The van der Waals surface area contributed by atoms with Gasteiger partial charge in [0.25, 0.3) is 0 Å². The third kappa shape index (κ3) is 3.75. The van der Waals surface area contributed by atoms with Crippen molar-refractivity contribution in [2.75, 3.05) is 7.11 Å². The van der Waals surface area contributed by atoms with Crippen molar-refractivity contribution < 1.29 is 33.3 Å². The van der Waals surface area contributed by atoms with Crippen LogP contribution in [0.4, 0.5) is 0 Å². The van der Waals surface area contributed by atoms with Crippen LogP contribution in [0.2, 0.25) is 0 Å². The van der Waals surface area contributed by atoms with Gasteiger partial charge in [0, 0.05) is 24.0 Å². The largest absolute Gasteiger partial charge is 0.497 e. The van der Waals surface area contributed by atoms with Crippen LogP contribution in [0.1, 0.15) is 30.1 Å². The van der Waals surface area contributed by atoms with Crippen molar-refractivity contribution in [1.82, 2.24) is 0 Å². The minimum absolute atomic E-state index is 0.189. The number of methoxy groups -OCH3 is 1. The molecule has 0 aromatic heterocycles. The van der Waals surface area contributed by atoms with Gasteiger partial charge in [-0.25, -0.2) is 14.4 Å². The first-order chi connectivity index (χ1) is 14.4. The van der Waals surface area contributed by atoms with Crippen LogP contribution in [0, 0.1) is 5.92 Å². The third-order valence-electron chi connectivity index (χ3n) is 5.55. The second kappa shape index (κ2) is 7.82.